The highest BCUT2D eigenvalue weighted by molar-refractivity contribution is 7.13. The lowest BCUT2D eigenvalue weighted by Gasteiger charge is -2.22. The Morgan fingerprint density at radius 2 is 2.25 bits per heavy atom. The summed E-state index contributed by atoms with van der Waals surface area (Å²) in [6.45, 7) is 0.351. The number of thiophene rings is 1. The number of imidazole rings is 1. The van der Waals surface area contributed by atoms with Crippen molar-refractivity contribution in [3.05, 3.63) is 29.9 Å². The Morgan fingerprint density at radius 3 is 3.00 bits per heavy atom. The molecule has 4 nitrogen and oxygen atoms in total. The van der Waals surface area contributed by atoms with Gasteiger partial charge in [0.15, 0.2) is 0 Å². The van der Waals surface area contributed by atoms with E-state index in [1.165, 1.54) is 19.3 Å². The topological polar surface area (TPSA) is 46.9 Å². The SMILES string of the molecule is O=C(Cn1ccnc1-c1cccs1)NC1CCCCC1. The lowest BCUT2D eigenvalue weighted by Crippen LogP contribution is -2.38. The van der Waals surface area contributed by atoms with Crippen LogP contribution in [0, 0.1) is 0 Å². The molecule has 0 spiro atoms. The van der Waals surface area contributed by atoms with E-state index in [4.69, 9.17) is 0 Å². The first-order valence-electron chi connectivity index (χ1n) is 7.17. The van der Waals surface area contributed by atoms with E-state index in [0.29, 0.717) is 12.6 Å². The second-order valence-electron chi connectivity index (χ2n) is 5.26. The molecule has 1 saturated carbocycles. The van der Waals surface area contributed by atoms with Crippen molar-refractivity contribution in [3.8, 4) is 10.7 Å². The summed E-state index contributed by atoms with van der Waals surface area (Å²) in [7, 11) is 0. The summed E-state index contributed by atoms with van der Waals surface area (Å²) in [5.41, 5.74) is 0. The van der Waals surface area contributed by atoms with Gasteiger partial charge in [0.05, 0.1) is 4.88 Å². The first kappa shape index (κ1) is 13.4. The molecule has 2 aromatic rings. The molecule has 1 amide bonds. The molecule has 1 aliphatic rings. The number of hydrogen-bond acceptors (Lipinski definition) is 3. The van der Waals surface area contributed by atoms with Gasteiger partial charge in [-0.1, -0.05) is 25.3 Å². The van der Waals surface area contributed by atoms with Crippen molar-refractivity contribution >= 4 is 17.2 Å². The van der Waals surface area contributed by atoms with Crippen LogP contribution in [0.2, 0.25) is 0 Å². The highest BCUT2D eigenvalue weighted by Gasteiger charge is 2.16. The van der Waals surface area contributed by atoms with Gasteiger partial charge in [0.25, 0.3) is 0 Å². The molecule has 1 fully saturated rings. The summed E-state index contributed by atoms with van der Waals surface area (Å²) in [5.74, 6) is 0.964. The van der Waals surface area contributed by atoms with Gasteiger partial charge in [-0.15, -0.1) is 11.3 Å². The van der Waals surface area contributed by atoms with E-state index in [1.54, 1.807) is 17.5 Å². The summed E-state index contributed by atoms with van der Waals surface area (Å²) >= 11 is 1.64. The van der Waals surface area contributed by atoms with Crippen LogP contribution < -0.4 is 5.32 Å². The van der Waals surface area contributed by atoms with Gasteiger partial charge in [0.2, 0.25) is 5.91 Å². The molecule has 106 valence electrons. The molecule has 0 unspecified atom stereocenters. The van der Waals surface area contributed by atoms with Gasteiger partial charge in [0.1, 0.15) is 12.4 Å². The van der Waals surface area contributed by atoms with Crippen molar-refractivity contribution in [1.29, 1.82) is 0 Å². The molecule has 1 aliphatic carbocycles. The van der Waals surface area contributed by atoms with Crippen molar-refractivity contribution in [3.63, 3.8) is 0 Å². The number of hydrogen-bond donors (Lipinski definition) is 1. The van der Waals surface area contributed by atoms with Crippen LogP contribution in [0.5, 0.6) is 0 Å². The average Bonchev–Trinajstić information content (AvgIpc) is 3.10. The largest absolute Gasteiger partial charge is 0.352 e. The Kier molecular flexibility index (Phi) is 4.16. The van der Waals surface area contributed by atoms with Gasteiger partial charge in [-0.2, -0.15) is 0 Å². The van der Waals surface area contributed by atoms with E-state index in [0.717, 1.165) is 23.5 Å². The van der Waals surface area contributed by atoms with Crippen LogP contribution in [-0.4, -0.2) is 21.5 Å². The first-order valence-corrected chi connectivity index (χ1v) is 8.05. The number of carbonyl (C=O) groups is 1. The fraction of sp³-hybridized carbons (Fsp3) is 0.467. The van der Waals surface area contributed by atoms with Gasteiger partial charge in [-0.3, -0.25) is 4.79 Å². The minimum Gasteiger partial charge on any atom is -0.352 e. The van der Waals surface area contributed by atoms with E-state index in [2.05, 4.69) is 10.3 Å². The third-order valence-corrected chi connectivity index (χ3v) is 4.61. The van der Waals surface area contributed by atoms with Crippen molar-refractivity contribution in [2.24, 2.45) is 0 Å². The molecule has 3 rings (SSSR count). The number of rotatable bonds is 4. The lowest BCUT2D eigenvalue weighted by molar-refractivity contribution is -0.122. The Bertz CT molecular complexity index is 555. The van der Waals surface area contributed by atoms with Gasteiger partial charge < -0.3 is 9.88 Å². The van der Waals surface area contributed by atoms with Crippen LogP contribution in [0.1, 0.15) is 32.1 Å². The van der Waals surface area contributed by atoms with E-state index in [-0.39, 0.29) is 5.91 Å². The number of carbonyl (C=O) groups excluding carboxylic acids is 1. The van der Waals surface area contributed by atoms with Gasteiger partial charge in [-0.25, -0.2) is 4.98 Å². The number of nitrogens with zero attached hydrogens (tertiary/aromatic N) is 2. The number of aromatic nitrogens is 2. The molecule has 2 aromatic heterocycles. The molecule has 0 bridgehead atoms. The zero-order valence-corrected chi connectivity index (χ0v) is 12.2. The average molecular weight is 289 g/mol. The molecule has 0 aliphatic heterocycles. The van der Waals surface area contributed by atoms with Gasteiger partial charge in [0, 0.05) is 18.4 Å². The first-order chi connectivity index (χ1) is 9.83. The molecular formula is C15H19N3OS. The molecule has 5 heteroatoms. The third kappa shape index (κ3) is 3.10. The minimum absolute atomic E-state index is 0.0905. The van der Waals surface area contributed by atoms with Crippen LogP contribution in [-0.2, 0) is 11.3 Å². The maximum absolute atomic E-state index is 12.1. The molecule has 20 heavy (non-hydrogen) atoms. The molecule has 0 atom stereocenters. The van der Waals surface area contributed by atoms with Crippen molar-refractivity contribution in [2.75, 3.05) is 0 Å². The molecule has 2 heterocycles. The third-order valence-electron chi connectivity index (χ3n) is 3.74. The predicted octanol–water partition coefficient (Wildman–Crippen LogP) is 3.06. The Morgan fingerprint density at radius 1 is 1.40 bits per heavy atom. The molecule has 1 N–H and O–H groups in total. The number of nitrogens with one attached hydrogen (secondary N) is 1. The second kappa shape index (κ2) is 6.22. The van der Waals surface area contributed by atoms with Crippen LogP contribution in [0.15, 0.2) is 29.9 Å². The number of amides is 1. The zero-order valence-electron chi connectivity index (χ0n) is 11.4. The predicted molar refractivity (Wildman–Crippen MR) is 80.6 cm³/mol. The monoisotopic (exact) mass is 289 g/mol. The molecule has 0 aromatic carbocycles. The maximum atomic E-state index is 12.1. The zero-order chi connectivity index (χ0) is 13.8. The molecule has 0 radical (unpaired) electrons. The summed E-state index contributed by atoms with van der Waals surface area (Å²) in [6.07, 6.45) is 9.63. The standard InChI is InChI=1S/C15H19N3OS/c19-14(17-12-5-2-1-3-6-12)11-18-9-8-16-15(18)13-7-4-10-20-13/h4,7-10,12H,1-3,5-6,11H2,(H,17,19). The Labute approximate surface area is 122 Å². The highest BCUT2D eigenvalue weighted by atomic mass is 32.1. The van der Waals surface area contributed by atoms with E-state index >= 15 is 0 Å². The van der Waals surface area contributed by atoms with Gasteiger partial charge >= 0.3 is 0 Å². The summed E-state index contributed by atoms with van der Waals surface area (Å²) in [4.78, 5) is 17.6. The molecular weight excluding hydrogens is 270 g/mol. The minimum atomic E-state index is 0.0905. The Hall–Kier alpha value is -1.62. The van der Waals surface area contributed by atoms with E-state index < -0.39 is 0 Å². The lowest BCUT2D eigenvalue weighted by atomic mass is 9.95. The van der Waals surface area contributed by atoms with Crippen molar-refractivity contribution < 1.29 is 4.79 Å². The Balaban J connectivity index is 1.63. The van der Waals surface area contributed by atoms with Crippen LogP contribution in [0.4, 0.5) is 0 Å². The normalized spacial score (nSPS) is 16.2. The molecule has 0 saturated heterocycles. The highest BCUT2D eigenvalue weighted by Crippen LogP contribution is 2.23. The van der Waals surface area contributed by atoms with Gasteiger partial charge in [-0.05, 0) is 24.3 Å². The van der Waals surface area contributed by atoms with Crippen LogP contribution >= 0.6 is 11.3 Å². The smallest absolute Gasteiger partial charge is 0.240 e. The fourth-order valence-corrected chi connectivity index (χ4v) is 3.48. The quantitative estimate of drug-likeness (QED) is 0.940. The fourth-order valence-electron chi connectivity index (χ4n) is 2.74. The van der Waals surface area contributed by atoms with Crippen molar-refractivity contribution in [2.45, 2.75) is 44.7 Å². The van der Waals surface area contributed by atoms with Crippen LogP contribution in [0.25, 0.3) is 10.7 Å². The van der Waals surface area contributed by atoms with Crippen molar-refractivity contribution in [1.82, 2.24) is 14.9 Å². The summed E-state index contributed by atoms with van der Waals surface area (Å²) in [5, 5.41) is 5.17. The second-order valence-corrected chi connectivity index (χ2v) is 6.21. The van der Waals surface area contributed by atoms with E-state index in [9.17, 15) is 4.79 Å². The summed E-state index contributed by atoms with van der Waals surface area (Å²) < 4.78 is 1.92. The van der Waals surface area contributed by atoms with Crippen LogP contribution in [0.3, 0.4) is 0 Å². The maximum Gasteiger partial charge on any atom is 0.240 e. The summed E-state index contributed by atoms with van der Waals surface area (Å²) in [6, 6.07) is 4.40. The van der Waals surface area contributed by atoms with E-state index in [1.807, 2.05) is 28.3 Å².